The predicted molar refractivity (Wildman–Crippen MR) is 122 cm³/mol. The van der Waals surface area contributed by atoms with E-state index in [1.807, 2.05) is 48.7 Å². The Kier molecular flexibility index (Phi) is 5.33. The average Bonchev–Trinajstić information content (AvgIpc) is 3.34. The van der Waals surface area contributed by atoms with Crippen molar-refractivity contribution in [3.63, 3.8) is 0 Å². The minimum absolute atomic E-state index is 0.0523. The minimum Gasteiger partial charge on any atom is -0.361 e. The lowest BCUT2D eigenvalue weighted by atomic mass is 9.97. The zero-order chi connectivity index (χ0) is 21.2. The van der Waals surface area contributed by atoms with E-state index < -0.39 is 0 Å². The molecule has 5 nitrogen and oxygen atoms in total. The molecule has 3 aromatic rings. The highest BCUT2D eigenvalue weighted by Gasteiger charge is 2.39. The number of hydrogen-bond acceptors (Lipinski definition) is 2. The molecule has 2 aliphatic rings. The second-order valence-corrected chi connectivity index (χ2v) is 8.42. The van der Waals surface area contributed by atoms with E-state index in [0.29, 0.717) is 12.1 Å². The number of carbonyl (C=O) groups excluding carboxylic acids is 2. The molecule has 2 N–H and O–H groups in total. The Morgan fingerprint density at radius 3 is 2.77 bits per heavy atom. The first-order chi connectivity index (χ1) is 15.2. The van der Waals surface area contributed by atoms with Gasteiger partial charge in [-0.05, 0) is 49.8 Å². The number of allylic oxidation sites excluding steroid dienone is 1. The van der Waals surface area contributed by atoms with Crippen LogP contribution >= 0.6 is 0 Å². The van der Waals surface area contributed by atoms with E-state index in [1.165, 1.54) is 18.4 Å². The Balaban J connectivity index is 1.37. The first-order valence-electron chi connectivity index (χ1n) is 11.1. The number of aromatic amines is 1. The highest BCUT2D eigenvalue weighted by atomic mass is 16.2. The topological polar surface area (TPSA) is 65.2 Å². The second-order valence-electron chi connectivity index (χ2n) is 8.42. The number of nitrogens with zero attached hydrogens (tertiary/aromatic N) is 1. The van der Waals surface area contributed by atoms with Crippen LogP contribution in [-0.2, 0) is 4.79 Å². The number of nitrogens with one attached hydrogen (secondary N) is 2. The summed E-state index contributed by atoms with van der Waals surface area (Å²) < 4.78 is 0. The molecule has 0 spiro atoms. The van der Waals surface area contributed by atoms with Gasteiger partial charge in [-0.3, -0.25) is 9.59 Å². The van der Waals surface area contributed by atoms with Crippen molar-refractivity contribution in [2.75, 3.05) is 13.1 Å². The Hall–Kier alpha value is -3.34. The number of carbonyl (C=O) groups is 2. The lowest BCUT2D eigenvalue weighted by Gasteiger charge is -2.25. The Labute approximate surface area is 182 Å². The normalized spacial score (nSPS) is 18.2. The summed E-state index contributed by atoms with van der Waals surface area (Å²) in [5.41, 5.74) is 5.12. The largest absolute Gasteiger partial charge is 0.361 e. The van der Waals surface area contributed by atoms with E-state index in [2.05, 4.69) is 22.4 Å². The Morgan fingerprint density at radius 1 is 1.06 bits per heavy atom. The quantitative estimate of drug-likeness (QED) is 0.574. The number of amides is 2. The number of rotatable bonds is 6. The summed E-state index contributed by atoms with van der Waals surface area (Å²) in [5.74, 6) is -0.196. The lowest BCUT2D eigenvalue weighted by molar-refractivity contribution is -0.122. The molecule has 0 saturated heterocycles. The molecule has 0 bridgehead atoms. The van der Waals surface area contributed by atoms with E-state index in [1.54, 1.807) is 4.90 Å². The lowest BCUT2D eigenvalue weighted by Crippen LogP contribution is -2.40. The highest BCUT2D eigenvalue weighted by molar-refractivity contribution is 6.02. The van der Waals surface area contributed by atoms with Crippen LogP contribution < -0.4 is 5.32 Å². The maximum atomic E-state index is 13.2. The summed E-state index contributed by atoms with van der Waals surface area (Å²) in [5, 5.41) is 4.10. The van der Waals surface area contributed by atoms with Crippen LogP contribution in [0.5, 0.6) is 0 Å². The summed E-state index contributed by atoms with van der Waals surface area (Å²) in [6.45, 7) is 0.675. The van der Waals surface area contributed by atoms with Gasteiger partial charge in [0.25, 0.3) is 5.91 Å². The van der Waals surface area contributed by atoms with E-state index in [0.717, 1.165) is 41.3 Å². The van der Waals surface area contributed by atoms with Crippen LogP contribution in [-0.4, -0.2) is 34.8 Å². The first-order valence-corrected chi connectivity index (χ1v) is 11.1. The minimum atomic E-state index is -0.272. The number of benzene rings is 2. The molecule has 5 rings (SSSR count). The van der Waals surface area contributed by atoms with Gasteiger partial charge in [0, 0.05) is 34.8 Å². The van der Waals surface area contributed by atoms with Crippen LogP contribution in [0, 0.1) is 0 Å². The van der Waals surface area contributed by atoms with Gasteiger partial charge >= 0.3 is 0 Å². The molecule has 0 saturated carbocycles. The number of aromatic nitrogens is 1. The smallest absolute Gasteiger partial charge is 0.255 e. The standard InChI is InChI=1S/C26H27N3O2/c30-24(27-15-14-18-8-2-1-3-9-18)17-29-25(20-11-4-5-12-21(20)26(29)31)22-16-28-23-13-7-6-10-19(22)23/h4-8,10-13,16,25,28H,1-3,9,14-15,17H2,(H,27,30)/t25-/m0/s1. The van der Waals surface area contributed by atoms with Crippen molar-refractivity contribution < 1.29 is 9.59 Å². The van der Waals surface area contributed by atoms with E-state index in [9.17, 15) is 9.59 Å². The SMILES string of the molecule is O=C(CN1C(=O)c2ccccc2[C@H]1c1c[nH]c2ccccc12)NCCC1=CCCCC1. The van der Waals surface area contributed by atoms with E-state index in [-0.39, 0.29) is 24.4 Å². The molecular formula is C26H27N3O2. The molecule has 1 aromatic heterocycles. The van der Waals surface area contributed by atoms with Crippen molar-refractivity contribution in [1.82, 2.24) is 15.2 Å². The van der Waals surface area contributed by atoms with Crippen molar-refractivity contribution in [3.05, 3.63) is 83.1 Å². The van der Waals surface area contributed by atoms with Gasteiger partial charge in [-0.2, -0.15) is 0 Å². The second kappa shape index (κ2) is 8.42. The number of fused-ring (bicyclic) bond motifs is 2. The third kappa shape index (κ3) is 3.76. The van der Waals surface area contributed by atoms with Crippen molar-refractivity contribution in [3.8, 4) is 0 Å². The number of para-hydroxylation sites is 1. The fourth-order valence-corrected chi connectivity index (χ4v) is 4.89. The van der Waals surface area contributed by atoms with Gasteiger partial charge in [0.15, 0.2) is 0 Å². The van der Waals surface area contributed by atoms with Gasteiger partial charge in [0.05, 0.1) is 6.04 Å². The molecule has 5 heteroatoms. The predicted octanol–water partition coefficient (Wildman–Crippen LogP) is 4.72. The Morgan fingerprint density at radius 2 is 1.90 bits per heavy atom. The molecule has 31 heavy (non-hydrogen) atoms. The molecule has 1 aliphatic carbocycles. The summed E-state index contributed by atoms with van der Waals surface area (Å²) in [6, 6.07) is 15.5. The fraction of sp³-hybridized carbons (Fsp3) is 0.308. The highest BCUT2D eigenvalue weighted by Crippen LogP contribution is 2.40. The summed E-state index contributed by atoms with van der Waals surface area (Å²) in [6.07, 6.45) is 9.96. The Bertz CT molecular complexity index is 1160. The zero-order valence-corrected chi connectivity index (χ0v) is 17.6. The van der Waals surface area contributed by atoms with Crippen molar-refractivity contribution >= 4 is 22.7 Å². The molecule has 2 heterocycles. The van der Waals surface area contributed by atoms with Crippen LogP contribution in [0.4, 0.5) is 0 Å². The molecule has 1 atom stereocenters. The summed E-state index contributed by atoms with van der Waals surface area (Å²) in [7, 11) is 0. The number of hydrogen-bond donors (Lipinski definition) is 2. The molecule has 0 unspecified atom stereocenters. The summed E-state index contributed by atoms with van der Waals surface area (Å²) in [4.78, 5) is 31.0. The maximum Gasteiger partial charge on any atom is 0.255 e. The van der Waals surface area contributed by atoms with Crippen LogP contribution in [0.1, 0.15) is 59.6 Å². The number of H-pyrrole nitrogens is 1. The van der Waals surface area contributed by atoms with Gasteiger partial charge < -0.3 is 15.2 Å². The third-order valence-corrected chi connectivity index (χ3v) is 6.44. The third-order valence-electron chi connectivity index (χ3n) is 6.44. The van der Waals surface area contributed by atoms with Gasteiger partial charge in [-0.1, -0.05) is 48.0 Å². The molecule has 0 fully saturated rings. The van der Waals surface area contributed by atoms with Crippen molar-refractivity contribution in [2.24, 2.45) is 0 Å². The van der Waals surface area contributed by atoms with Crippen LogP contribution in [0.15, 0.2) is 66.4 Å². The molecule has 158 valence electrons. The van der Waals surface area contributed by atoms with Crippen LogP contribution in [0.25, 0.3) is 10.9 Å². The van der Waals surface area contributed by atoms with Gasteiger partial charge in [0.2, 0.25) is 5.91 Å². The molecule has 1 aliphatic heterocycles. The zero-order valence-electron chi connectivity index (χ0n) is 17.6. The molecule has 0 radical (unpaired) electrons. The average molecular weight is 414 g/mol. The van der Waals surface area contributed by atoms with E-state index in [4.69, 9.17) is 0 Å². The maximum absolute atomic E-state index is 13.2. The van der Waals surface area contributed by atoms with Gasteiger partial charge in [-0.15, -0.1) is 0 Å². The van der Waals surface area contributed by atoms with Gasteiger partial charge in [0.1, 0.15) is 6.54 Å². The fourth-order valence-electron chi connectivity index (χ4n) is 4.89. The molecular weight excluding hydrogens is 386 g/mol. The molecule has 2 amide bonds. The van der Waals surface area contributed by atoms with Crippen molar-refractivity contribution in [1.29, 1.82) is 0 Å². The van der Waals surface area contributed by atoms with E-state index >= 15 is 0 Å². The van der Waals surface area contributed by atoms with Crippen LogP contribution in [0.2, 0.25) is 0 Å². The van der Waals surface area contributed by atoms with Crippen LogP contribution in [0.3, 0.4) is 0 Å². The monoisotopic (exact) mass is 413 g/mol. The molecule has 2 aromatic carbocycles. The van der Waals surface area contributed by atoms with Crippen molar-refractivity contribution in [2.45, 2.75) is 38.1 Å². The summed E-state index contributed by atoms with van der Waals surface area (Å²) >= 11 is 0. The van der Waals surface area contributed by atoms with Gasteiger partial charge in [-0.25, -0.2) is 0 Å². The first kappa shape index (κ1) is 19.6.